The molecule has 1 saturated heterocycles. The van der Waals surface area contributed by atoms with Crippen LogP contribution < -0.4 is 10.6 Å². The number of hydrogen-bond acceptors (Lipinski definition) is 4. The Morgan fingerprint density at radius 3 is 2.68 bits per heavy atom. The number of carbonyl (C=O) groups is 2. The van der Waals surface area contributed by atoms with E-state index in [4.69, 9.17) is 4.74 Å². The second-order valence-corrected chi connectivity index (χ2v) is 5.10. The van der Waals surface area contributed by atoms with Gasteiger partial charge in [0.05, 0.1) is 6.54 Å². The predicted molar refractivity (Wildman–Crippen MR) is 72.7 cm³/mol. The number of methoxy groups -OCH3 is 1. The molecule has 0 aromatic heterocycles. The molecule has 1 aliphatic rings. The first-order chi connectivity index (χ1) is 9.06. The van der Waals surface area contributed by atoms with Gasteiger partial charge in [0.1, 0.15) is 0 Å². The van der Waals surface area contributed by atoms with Crippen LogP contribution in [0.15, 0.2) is 0 Å². The van der Waals surface area contributed by atoms with Crippen LogP contribution in [0.1, 0.15) is 13.3 Å². The fourth-order valence-corrected chi connectivity index (χ4v) is 2.01. The molecule has 1 aliphatic heterocycles. The van der Waals surface area contributed by atoms with Crippen molar-refractivity contribution in [2.45, 2.75) is 13.3 Å². The van der Waals surface area contributed by atoms with E-state index in [1.165, 1.54) is 4.90 Å². The van der Waals surface area contributed by atoms with Crippen molar-refractivity contribution >= 4 is 11.8 Å². The number of nitrogens with zero attached hydrogens (tertiary/aromatic N) is 1. The Morgan fingerprint density at radius 1 is 1.47 bits per heavy atom. The van der Waals surface area contributed by atoms with Gasteiger partial charge in [0.15, 0.2) is 0 Å². The molecular weight excluding hydrogens is 246 g/mol. The van der Waals surface area contributed by atoms with Gasteiger partial charge in [0.25, 0.3) is 0 Å². The van der Waals surface area contributed by atoms with E-state index >= 15 is 0 Å². The first kappa shape index (κ1) is 15.9. The van der Waals surface area contributed by atoms with Crippen LogP contribution in [0.25, 0.3) is 0 Å². The SMILES string of the molecule is COCCCNC(=O)CN(C)C(=O)C(C)C1CNC1. The summed E-state index contributed by atoms with van der Waals surface area (Å²) < 4.78 is 4.90. The molecule has 0 aliphatic carbocycles. The predicted octanol–water partition coefficient (Wildman–Crippen LogP) is -0.547. The molecule has 6 heteroatoms. The molecule has 19 heavy (non-hydrogen) atoms. The quantitative estimate of drug-likeness (QED) is 0.581. The van der Waals surface area contributed by atoms with Gasteiger partial charge < -0.3 is 20.3 Å². The Balaban J connectivity index is 2.22. The maximum Gasteiger partial charge on any atom is 0.239 e. The minimum Gasteiger partial charge on any atom is -0.385 e. The molecule has 1 fully saturated rings. The van der Waals surface area contributed by atoms with Gasteiger partial charge in [-0.3, -0.25) is 9.59 Å². The molecule has 0 bridgehead atoms. The fraction of sp³-hybridized carbons (Fsp3) is 0.846. The molecule has 1 atom stereocenters. The summed E-state index contributed by atoms with van der Waals surface area (Å²) in [6.45, 7) is 5.04. The summed E-state index contributed by atoms with van der Waals surface area (Å²) in [6.07, 6.45) is 0.782. The lowest BCUT2D eigenvalue weighted by Gasteiger charge is -2.33. The van der Waals surface area contributed by atoms with Gasteiger partial charge in [-0.1, -0.05) is 6.92 Å². The largest absolute Gasteiger partial charge is 0.385 e. The summed E-state index contributed by atoms with van der Waals surface area (Å²) in [5, 5.41) is 5.93. The van der Waals surface area contributed by atoms with E-state index in [0.29, 0.717) is 19.1 Å². The number of carbonyl (C=O) groups excluding carboxylic acids is 2. The smallest absolute Gasteiger partial charge is 0.239 e. The van der Waals surface area contributed by atoms with Gasteiger partial charge in [-0.2, -0.15) is 0 Å². The lowest BCUT2D eigenvalue weighted by atomic mass is 9.88. The summed E-state index contributed by atoms with van der Waals surface area (Å²) in [6, 6.07) is 0. The standard InChI is InChI=1S/C13H25N3O3/c1-10(11-7-14-8-11)13(18)16(2)9-12(17)15-5-4-6-19-3/h10-11,14H,4-9H2,1-3H3,(H,15,17). The van der Waals surface area contributed by atoms with E-state index in [-0.39, 0.29) is 24.3 Å². The van der Waals surface area contributed by atoms with Gasteiger partial charge >= 0.3 is 0 Å². The summed E-state index contributed by atoms with van der Waals surface area (Å²) in [5.74, 6) is 0.302. The zero-order valence-electron chi connectivity index (χ0n) is 12.1. The Kier molecular flexibility index (Phi) is 6.80. The van der Waals surface area contributed by atoms with Crippen molar-refractivity contribution in [1.29, 1.82) is 0 Å². The van der Waals surface area contributed by atoms with Crippen LogP contribution in [0.2, 0.25) is 0 Å². The minimum absolute atomic E-state index is 0.0208. The maximum absolute atomic E-state index is 12.1. The molecule has 110 valence electrons. The van der Waals surface area contributed by atoms with Crippen molar-refractivity contribution < 1.29 is 14.3 Å². The first-order valence-electron chi connectivity index (χ1n) is 6.77. The van der Waals surface area contributed by atoms with E-state index in [1.807, 2.05) is 6.92 Å². The van der Waals surface area contributed by atoms with E-state index in [0.717, 1.165) is 19.5 Å². The van der Waals surface area contributed by atoms with Crippen molar-refractivity contribution in [2.75, 3.05) is 46.9 Å². The zero-order chi connectivity index (χ0) is 14.3. The molecule has 1 unspecified atom stereocenters. The van der Waals surface area contributed by atoms with Gasteiger partial charge in [-0.05, 0) is 25.4 Å². The van der Waals surface area contributed by atoms with Crippen LogP contribution in [0.5, 0.6) is 0 Å². The average molecular weight is 271 g/mol. The Labute approximate surface area is 114 Å². The number of hydrogen-bond donors (Lipinski definition) is 2. The van der Waals surface area contributed by atoms with Crippen molar-refractivity contribution in [3.8, 4) is 0 Å². The average Bonchev–Trinajstić information content (AvgIpc) is 2.31. The molecule has 0 saturated carbocycles. The molecule has 0 radical (unpaired) electrons. The molecule has 2 amide bonds. The molecule has 2 N–H and O–H groups in total. The van der Waals surface area contributed by atoms with E-state index in [1.54, 1.807) is 14.2 Å². The monoisotopic (exact) mass is 271 g/mol. The Hall–Kier alpha value is -1.14. The molecule has 0 aromatic carbocycles. The second kappa shape index (κ2) is 8.12. The number of nitrogens with one attached hydrogen (secondary N) is 2. The van der Waals surface area contributed by atoms with Crippen LogP contribution >= 0.6 is 0 Å². The van der Waals surface area contributed by atoms with Crippen LogP contribution in [-0.2, 0) is 14.3 Å². The molecule has 6 nitrogen and oxygen atoms in total. The number of likely N-dealkylation sites (N-methyl/N-ethyl adjacent to an activating group) is 1. The van der Waals surface area contributed by atoms with E-state index in [2.05, 4.69) is 10.6 Å². The Morgan fingerprint density at radius 2 is 2.16 bits per heavy atom. The van der Waals surface area contributed by atoms with Crippen molar-refractivity contribution in [3.05, 3.63) is 0 Å². The van der Waals surface area contributed by atoms with Crippen molar-refractivity contribution in [2.24, 2.45) is 11.8 Å². The van der Waals surface area contributed by atoms with Crippen LogP contribution in [-0.4, -0.2) is 63.7 Å². The summed E-state index contributed by atoms with van der Waals surface area (Å²) in [7, 11) is 3.31. The third-order valence-electron chi connectivity index (χ3n) is 3.51. The summed E-state index contributed by atoms with van der Waals surface area (Å²) in [4.78, 5) is 25.2. The highest BCUT2D eigenvalue weighted by Crippen LogP contribution is 2.17. The van der Waals surface area contributed by atoms with Gasteiger partial charge in [0.2, 0.25) is 11.8 Å². The highest BCUT2D eigenvalue weighted by molar-refractivity contribution is 5.85. The molecule has 1 heterocycles. The van der Waals surface area contributed by atoms with Gasteiger partial charge in [-0.15, -0.1) is 0 Å². The highest BCUT2D eigenvalue weighted by Gasteiger charge is 2.30. The Bertz CT molecular complexity index is 306. The normalized spacial score (nSPS) is 16.6. The maximum atomic E-state index is 12.1. The second-order valence-electron chi connectivity index (χ2n) is 5.10. The first-order valence-corrected chi connectivity index (χ1v) is 6.77. The number of ether oxygens (including phenoxy) is 1. The number of rotatable bonds is 8. The van der Waals surface area contributed by atoms with Crippen LogP contribution in [0.4, 0.5) is 0 Å². The molecule has 1 rings (SSSR count). The van der Waals surface area contributed by atoms with Gasteiger partial charge in [-0.25, -0.2) is 0 Å². The number of amides is 2. The van der Waals surface area contributed by atoms with Crippen LogP contribution in [0.3, 0.4) is 0 Å². The topological polar surface area (TPSA) is 70.7 Å². The van der Waals surface area contributed by atoms with Crippen LogP contribution in [0, 0.1) is 11.8 Å². The van der Waals surface area contributed by atoms with Crippen molar-refractivity contribution in [1.82, 2.24) is 15.5 Å². The lowest BCUT2D eigenvalue weighted by Crippen LogP contribution is -2.51. The highest BCUT2D eigenvalue weighted by atomic mass is 16.5. The third-order valence-corrected chi connectivity index (χ3v) is 3.51. The summed E-state index contributed by atoms with van der Waals surface area (Å²) >= 11 is 0. The molecular formula is C13H25N3O3. The van der Waals surface area contributed by atoms with Crippen molar-refractivity contribution in [3.63, 3.8) is 0 Å². The zero-order valence-corrected chi connectivity index (χ0v) is 12.1. The van der Waals surface area contributed by atoms with E-state index < -0.39 is 0 Å². The molecule has 0 aromatic rings. The lowest BCUT2D eigenvalue weighted by molar-refractivity contribution is -0.139. The van der Waals surface area contributed by atoms with Gasteiger partial charge in [0, 0.05) is 33.2 Å². The third kappa shape index (κ3) is 5.16. The fourth-order valence-electron chi connectivity index (χ4n) is 2.01. The molecule has 0 spiro atoms. The minimum atomic E-state index is -0.120. The summed E-state index contributed by atoms with van der Waals surface area (Å²) in [5.41, 5.74) is 0. The van der Waals surface area contributed by atoms with E-state index in [9.17, 15) is 9.59 Å².